The molecule has 1 N–H and O–H groups in total. The molecule has 0 aromatic carbocycles. The van der Waals surface area contributed by atoms with Gasteiger partial charge >= 0.3 is 0 Å². The van der Waals surface area contributed by atoms with Crippen molar-refractivity contribution < 1.29 is 4.39 Å². The number of anilines is 1. The summed E-state index contributed by atoms with van der Waals surface area (Å²) in [7, 11) is 0. The van der Waals surface area contributed by atoms with Crippen LogP contribution in [0.2, 0.25) is 0 Å². The predicted molar refractivity (Wildman–Crippen MR) is 50.3 cm³/mol. The number of rotatable bonds is 3. The van der Waals surface area contributed by atoms with Gasteiger partial charge in [-0.3, -0.25) is 0 Å². The Morgan fingerprint density at radius 2 is 2.14 bits per heavy atom. The van der Waals surface area contributed by atoms with Crippen LogP contribution in [0.5, 0.6) is 0 Å². The molecule has 2 aliphatic carbocycles. The van der Waals surface area contributed by atoms with Crippen LogP contribution >= 0.6 is 0 Å². The van der Waals surface area contributed by atoms with Gasteiger partial charge in [-0.25, -0.2) is 14.4 Å². The summed E-state index contributed by atoms with van der Waals surface area (Å²) in [6, 6.07) is 0. The van der Waals surface area contributed by atoms with Gasteiger partial charge in [-0.05, 0) is 30.6 Å². The van der Waals surface area contributed by atoms with E-state index in [4.69, 9.17) is 0 Å². The van der Waals surface area contributed by atoms with E-state index in [1.807, 2.05) is 0 Å². The monoisotopic (exact) mass is 193 g/mol. The van der Waals surface area contributed by atoms with Gasteiger partial charge in [0.15, 0.2) is 5.82 Å². The van der Waals surface area contributed by atoms with Gasteiger partial charge in [0.2, 0.25) is 5.95 Å². The van der Waals surface area contributed by atoms with E-state index in [1.54, 1.807) is 0 Å². The second kappa shape index (κ2) is 2.65. The lowest BCUT2D eigenvalue weighted by atomic mass is 10.3. The number of halogens is 1. The summed E-state index contributed by atoms with van der Waals surface area (Å²) < 4.78 is 12.5. The van der Waals surface area contributed by atoms with Crippen LogP contribution in [0.1, 0.15) is 19.3 Å². The molecule has 1 aromatic rings. The van der Waals surface area contributed by atoms with E-state index in [2.05, 4.69) is 15.3 Å². The van der Waals surface area contributed by atoms with Crippen molar-refractivity contribution in [2.45, 2.75) is 19.3 Å². The lowest BCUT2D eigenvalue weighted by molar-refractivity contribution is 0.613. The molecule has 0 bridgehead atoms. The van der Waals surface area contributed by atoms with Gasteiger partial charge in [0.25, 0.3) is 0 Å². The highest BCUT2D eigenvalue weighted by Gasteiger charge is 2.62. The van der Waals surface area contributed by atoms with Crippen molar-refractivity contribution in [2.75, 3.05) is 11.9 Å². The van der Waals surface area contributed by atoms with Gasteiger partial charge < -0.3 is 5.32 Å². The number of hydrogen-bond acceptors (Lipinski definition) is 3. The zero-order valence-corrected chi connectivity index (χ0v) is 7.83. The van der Waals surface area contributed by atoms with E-state index in [-0.39, 0.29) is 5.82 Å². The molecular weight excluding hydrogens is 181 g/mol. The quantitative estimate of drug-likeness (QED) is 0.795. The van der Waals surface area contributed by atoms with Crippen molar-refractivity contribution in [3.63, 3.8) is 0 Å². The Kier molecular flexibility index (Phi) is 1.54. The summed E-state index contributed by atoms with van der Waals surface area (Å²) in [5, 5.41) is 3.14. The largest absolute Gasteiger partial charge is 0.354 e. The summed E-state index contributed by atoms with van der Waals surface area (Å²) in [6.45, 7) is 0.936. The lowest BCUT2D eigenvalue weighted by Crippen LogP contribution is -2.08. The highest BCUT2D eigenvalue weighted by atomic mass is 19.1. The van der Waals surface area contributed by atoms with Crippen molar-refractivity contribution in [2.24, 2.45) is 11.3 Å². The average Bonchev–Trinajstić information content (AvgIpc) is 3.08. The second-order valence-corrected chi connectivity index (χ2v) is 4.37. The predicted octanol–water partition coefficient (Wildman–Crippen LogP) is 1.83. The molecule has 1 spiro atoms. The molecule has 2 aliphatic rings. The third-order valence-corrected chi connectivity index (χ3v) is 3.38. The highest BCUT2D eigenvalue weighted by Crippen LogP contribution is 2.70. The van der Waals surface area contributed by atoms with Crippen molar-refractivity contribution in [3.8, 4) is 0 Å². The van der Waals surface area contributed by atoms with Crippen LogP contribution in [0, 0.1) is 17.2 Å². The number of aromatic nitrogens is 2. The molecule has 1 aromatic heterocycles. The first-order valence-corrected chi connectivity index (χ1v) is 5.00. The average molecular weight is 193 g/mol. The van der Waals surface area contributed by atoms with E-state index in [0.717, 1.165) is 12.5 Å². The Morgan fingerprint density at radius 1 is 1.43 bits per heavy atom. The topological polar surface area (TPSA) is 37.8 Å². The molecule has 3 nitrogen and oxygen atoms in total. The summed E-state index contributed by atoms with van der Waals surface area (Å²) in [4.78, 5) is 7.70. The van der Waals surface area contributed by atoms with Crippen LogP contribution in [0.4, 0.5) is 10.3 Å². The van der Waals surface area contributed by atoms with Gasteiger partial charge in [0, 0.05) is 6.54 Å². The second-order valence-electron chi connectivity index (χ2n) is 4.37. The molecular formula is C10H12FN3. The molecule has 0 radical (unpaired) electrons. The molecule has 0 unspecified atom stereocenters. The number of nitrogens with one attached hydrogen (secondary N) is 1. The molecule has 1 atom stereocenters. The fraction of sp³-hybridized carbons (Fsp3) is 0.600. The van der Waals surface area contributed by atoms with Crippen LogP contribution in [-0.4, -0.2) is 16.5 Å². The summed E-state index contributed by atoms with van der Waals surface area (Å²) in [6.07, 6.45) is 6.51. The first kappa shape index (κ1) is 8.15. The minimum absolute atomic E-state index is 0.388. The molecule has 74 valence electrons. The molecule has 3 rings (SSSR count). The van der Waals surface area contributed by atoms with Crippen molar-refractivity contribution in [1.82, 2.24) is 9.97 Å². The van der Waals surface area contributed by atoms with Crippen LogP contribution in [0.15, 0.2) is 12.4 Å². The van der Waals surface area contributed by atoms with Crippen LogP contribution < -0.4 is 5.32 Å². The Hall–Kier alpha value is -1.19. The SMILES string of the molecule is Fc1cnc(NC[C@H]2CC23CC3)nc1. The van der Waals surface area contributed by atoms with Gasteiger partial charge in [0.05, 0.1) is 12.4 Å². The van der Waals surface area contributed by atoms with Gasteiger partial charge in [-0.1, -0.05) is 0 Å². The summed E-state index contributed by atoms with van der Waals surface area (Å²) in [5.74, 6) is 0.950. The standard InChI is InChI=1S/C10H12FN3/c11-8-5-13-9(14-6-8)12-4-7-3-10(7)1-2-10/h5-7H,1-4H2,(H,12,13,14)/t7-/m1/s1. The zero-order valence-electron chi connectivity index (χ0n) is 7.83. The Morgan fingerprint density at radius 3 is 2.71 bits per heavy atom. The minimum atomic E-state index is -0.388. The summed E-state index contributed by atoms with van der Waals surface area (Å²) in [5.41, 5.74) is 0.701. The molecule has 2 fully saturated rings. The fourth-order valence-corrected chi connectivity index (χ4v) is 2.11. The van der Waals surface area contributed by atoms with Gasteiger partial charge in [-0.15, -0.1) is 0 Å². The van der Waals surface area contributed by atoms with Crippen molar-refractivity contribution in [3.05, 3.63) is 18.2 Å². The van der Waals surface area contributed by atoms with E-state index in [1.165, 1.54) is 31.7 Å². The molecule has 14 heavy (non-hydrogen) atoms. The van der Waals surface area contributed by atoms with Crippen LogP contribution in [0.3, 0.4) is 0 Å². The molecule has 2 saturated carbocycles. The zero-order chi connectivity index (χ0) is 9.60. The Balaban J connectivity index is 1.55. The third kappa shape index (κ3) is 1.35. The van der Waals surface area contributed by atoms with E-state index >= 15 is 0 Å². The molecule has 1 heterocycles. The van der Waals surface area contributed by atoms with E-state index in [0.29, 0.717) is 11.4 Å². The maximum atomic E-state index is 12.5. The first-order chi connectivity index (χ1) is 6.78. The number of nitrogens with zero attached hydrogens (tertiary/aromatic N) is 2. The van der Waals surface area contributed by atoms with Crippen molar-refractivity contribution in [1.29, 1.82) is 0 Å². The van der Waals surface area contributed by atoms with Crippen LogP contribution in [0.25, 0.3) is 0 Å². The van der Waals surface area contributed by atoms with Crippen molar-refractivity contribution >= 4 is 5.95 Å². The maximum Gasteiger partial charge on any atom is 0.222 e. The maximum absolute atomic E-state index is 12.5. The molecule has 0 aliphatic heterocycles. The Labute approximate surface area is 81.8 Å². The third-order valence-electron chi connectivity index (χ3n) is 3.38. The lowest BCUT2D eigenvalue weighted by Gasteiger charge is -2.02. The first-order valence-electron chi connectivity index (χ1n) is 5.00. The highest BCUT2D eigenvalue weighted by molar-refractivity contribution is 5.25. The fourth-order valence-electron chi connectivity index (χ4n) is 2.11. The van der Waals surface area contributed by atoms with E-state index in [9.17, 15) is 4.39 Å². The molecule has 0 amide bonds. The minimum Gasteiger partial charge on any atom is -0.354 e. The normalized spacial score (nSPS) is 26.2. The molecule has 0 saturated heterocycles. The summed E-state index contributed by atoms with van der Waals surface area (Å²) >= 11 is 0. The van der Waals surface area contributed by atoms with Gasteiger partial charge in [-0.2, -0.15) is 0 Å². The van der Waals surface area contributed by atoms with Gasteiger partial charge in [0.1, 0.15) is 0 Å². The van der Waals surface area contributed by atoms with E-state index < -0.39 is 0 Å². The molecule has 4 heteroatoms. The number of hydrogen-bond donors (Lipinski definition) is 1. The smallest absolute Gasteiger partial charge is 0.222 e. The van der Waals surface area contributed by atoms with Crippen LogP contribution in [-0.2, 0) is 0 Å². The Bertz CT molecular complexity index is 345.